The molecule has 2 rings (SSSR count). The SMILES string of the molecule is CSc1c(C2(C(=O)O)CCCC2)cccc1S(C)(=O)=O. The first kappa shape index (κ1) is 15.4. The third-order valence-corrected chi connectivity index (χ3v) is 6.08. The van der Waals surface area contributed by atoms with Crippen LogP contribution in [-0.4, -0.2) is 32.0 Å². The standard InChI is InChI=1S/C14H18O4S2/c1-19-12-10(6-5-7-11(12)20(2,17)18)14(13(15)16)8-3-4-9-14/h5-7H,3-4,8-9H2,1-2H3,(H,15,16). The van der Waals surface area contributed by atoms with Gasteiger partial charge < -0.3 is 5.11 Å². The predicted octanol–water partition coefficient (Wildman–Crippen LogP) is 2.71. The number of sulfone groups is 1. The zero-order valence-corrected chi connectivity index (χ0v) is 13.2. The second-order valence-electron chi connectivity index (χ2n) is 5.20. The van der Waals surface area contributed by atoms with Crippen LogP contribution in [-0.2, 0) is 20.0 Å². The molecule has 110 valence electrons. The van der Waals surface area contributed by atoms with Gasteiger partial charge in [-0.3, -0.25) is 4.79 Å². The summed E-state index contributed by atoms with van der Waals surface area (Å²) in [6, 6.07) is 4.96. The summed E-state index contributed by atoms with van der Waals surface area (Å²) in [6.07, 6.45) is 5.82. The van der Waals surface area contributed by atoms with Gasteiger partial charge in [0.2, 0.25) is 0 Å². The van der Waals surface area contributed by atoms with Gasteiger partial charge >= 0.3 is 5.97 Å². The van der Waals surface area contributed by atoms with E-state index in [1.165, 1.54) is 11.8 Å². The fourth-order valence-corrected chi connectivity index (χ4v) is 5.20. The molecule has 0 radical (unpaired) electrons. The lowest BCUT2D eigenvalue weighted by molar-refractivity contribution is -0.143. The van der Waals surface area contributed by atoms with Gasteiger partial charge in [0.05, 0.1) is 10.3 Å². The summed E-state index contributed by atoms with van der Waals surface area (Å²) < 4.78 is 23.8. The smallest absolute Gasteiger partial charge is 0.314 e. The van der Waals surface area contributed by atoms with Crippen LogP contribution in [0, 0.1) is 0 Å². The molecule has 1 aliphatic rings. The number of aliphatic carboxylic acids is 1. The summed E-state index contributed by atoms with van der Waals surface area (Å²) >= 11 is 1.31. The van der Waals surface area contributed by atoms with Crippen LogP contribution in [0.25, 0.3) is 0 Å². The van der Waals surface area contributed by atoms with Crippen molar-refractivity contribution in [3.63, 3.8) is 0 Å². The van der Waals surface area contributed by atoms with Gasteiger partial charge in [-0.2, -0.15) is 0 Å². The van der Waals surface area contributed by atoms with Gasteiger partial charge in [-0.1, -0.05) is 25.0 Å². The molecule has 0 spiro atoms. The predicted molar refractivity (Wildman–Crippen MR) is 79.1 cm³/mol. The fourth-order valence-electron chi connectivity index (χ4n) is 2.97. The summed E-state index contributed by atoms with van der Waals surface area (Å²) in [4.78, 5) is 12.6. The van der Waals surface area contributed by atoms with Crippen LogP contribution in [0.5, 0.6) is 0 Å². The van der Waals surface area contributed by atoms with Crippen molar-refractivity contribution < 1.29 is 18.3 Å². The lowest BCUT2D eigenvalue weighted by Gasteiger charge is -2.27. The third-order valence-electron chi connectivity index (χ3n) is 3.96. The zero-order valence-electron chi connectivity index (χ0n) is 11.5. The van der Waals surface area contributed by atoms with E-state index in [1.54, 1.807) is 24.5 Å². The molecule has 4 nitrogen and oxygen atoms in total. The van der Waals surface area contributed by atoms with Crippen LogP contribution < -0.4 is 0 Å². The molecule has 1 aromatic carbocycles. The van der Waals surface area contributed by atoms with E-state index in [2.05, 4.69) is 0 Å². The second-order valence-corrected chi connectivity index (χ2v) is 8.00. The lowest BCUT2D eigenvalue weighted by Crippen LogP contribution is -2.33. The van der Waals surface area contributed by atoms with E-state index in [0.717, 1.165) is 19.1 Å². The van der Waals surface area contributed by atoms with Gasteiger partial charge in [0.1, 0.15) is 0 Å². The number of thioether (sulfide) groups is 1. The van der Waals surface area contributed by atoms with Gasteiger partial charge in [0.15, 0.2) is 9.84 Å². The van der Waals surface area contributed by atoms with Crippen LogP contribution in [0.1, 0.15) is 31.2 Å². The molecular weight excluding hydrogens is 296 g/mol. The van der Waals surface area contributed by atoms with Crippen molar-refractivity contribution in [2.45, 2.75) is 40.9 Å². The molecule has 6 heteroatoms. The Morgan fingerprint density at radius 1 is 1.30 bits per heavy atom. The monoisotopic (exact) mass is 314 g/mol. The number of carbonyl (C=O) groups is 1. The molecular formula is C14H18O4S2. The van der Waals surface area contributed by atoms with E-state index >= 15 is 0 Å². The van der Waals surface area contributed by atoms with Crippen molar-refractivity contribution in [3.8, 4) is 0 Å². The first-order valence-corrected chi connectivity index (χ1v) is 9.55. The van der Waals surface area contributed by atoms with E-state index in [9.17, 15) is 18.3 Å². The molecule has 0 saturated heterocycles. The largest absolute Gasteiger partial charge is 0.481 e. The Labute approximate surface area is 123 Å². The summed E-state index contributed by atoms with van der Waals surface area (Å²) in [6.45, 7) is 0. The summed E-state index contributed by atoms with van der Waals surface area (Å²) in [7, 11) is -3.36. The molecule has 0 bridgehead atoms. The van der Waals surface area contributed by atoms with Crippen molar-refractivity contribution in [3.05, 3.63) is 23.8 Å². The van der Waals surface area contributed by atoms with Crippen molar-refractivity contribution >= 4 is 27.6 Å². The minimum atomic E-state index is -3.36. The number of rotatable bonds is 4. The van der Waals surface area contributed by atoms with E-state index in [0.29, 0.717) is 23.3 Å². The summed E-state index contributed by atoms with van der Waals surface area (Å²) in [5.41, 5.74) is -0.281. The molecule has 1 saturated carbocycles. The van der Waals surface area contributed by atoms with Crippen molar-refractivity contribution in [2.24, 2.45) is 0 Å². The van der Waals surface area contributed by atoms with E-state index in [1.807, 2.05) is 0 Å². The second kappa shape index (κ2) is 5.41. The quantitative estimate of drug-likeness (QED) is 0.865. The number of benzene rings is 1. The molecule has 1 aromatic rings. The van der Waals surface area contributed by atoms with Gasteiger partial charge in [-0.25, -0.2) is 8.42 Å². The molecule has 0 amide bonds. The van der Waals surface area contributed by atoms with Crippen LogP contribution >= 0.6 is 11.8 Å². The number of carboxylic acid groups (broad SMARTS) is 1. The van der Waals surface area contributed by atoms with E-state index in [4.69, 9.17) is 0 Å². The highest BCUT2D eigenvalue weighted by Gasteiger charge is 2.44. The van der Waals surface area contributed by atoms with Crippen LogP contribution in [0.3, 0.4) is 0 Å². The van der Waals surface area contributed by atoms with Crippen molar-refractivity contribution in [1.29, 1.82) is 0 Å². The average Bonchev–Trinajstić information content (AvgIpc) is 2.87. The first-order chi connectivity index (χ1) is 9.33. The molecule has 0 heterocycles. The van der Waals surface area contributed by atoms with Gasteiger partial charge in [0.25, 0.3) is 0 Å². The Morgan fingerprint density at radius 3 is 2.35 bits per heavy atom. The lowest BCUT2D eigenvalue weighted by atomic mass is 9.79. The van der Waals surface area contributed by atoms with Crippen LogP contribution in [0.15, 0.2) is 28.0 Å². The highest BCUT2D eigenvalue weighted by Crippen LogP contribution is 2.46. The Hall–Kier alpha value is -1.01. The molecule has 1 aliphatic carbocycles. The normalized spacial score (nSPS) is 18.1. The number of hydrogen-bond acceptors (Lipinski definition) is 4. The molecule has 1 N–H and O–H groups in total. The number of hydrogen-bond donors (Lipinski definition) is 1. The minimum Gasteiger partial charge on any atom is -0.481 e. The highest BCUT2D eigenvalue weighted by molar-refractivity contribution is 7.99. The fraction of sp³-hybridized carbons (Fsp3) is 0.500. The Kier molecular flexibility index (Phi) is 4.16. The molecule has 0 unspecified atom stereocenters. The van der Waals surface area contributed by atoms with Crippen LogP contribution in [0.4, 0.5) is 0 Å². The van der Waals surface area contributed by atoms with E-state index in [-0.39, 0.29) is 4.90 Å². The van der Waals surface area contributed by atoms with Crippen molar-refractivity contribution in [1.82, 2.24) is 0 Å². The maximum absolute atomic E-state index is 11.9. The average molecular weight is 314 g/mol. The Bertz CT molecular complexity index is 629. The zero-order chi connectivity index (χ0) is 15.0. The Morgan fingerprint density at radius 2 is 1.90 bits per heavy atom. The molecule has 0 aromatic heterocycles. The Balaban J connectivity index is 2.72. The number of carboxylic acids is 1. The summed E-state index contributed by atoms with van der Waals surface area (Å²) in [5, 5.41) is 9.67. The van der Waals surface area contributed by atoms with Gasteiger partial charge in [0, 0.05) is 11.2 Å². The molecule has 20 heavy (non-hydrogen) atoms. The first-order valence-electron chi connectivity index (χ1n) is 6.44. The molecule has 1 fully saturated rings. The minimum absolute atomic E-state index is 0.232. The van der Waals surface area contributed by atoms with Crippen LogP contribution in [0.2, 0.25) is 0 Å². The van der Waals surface area contributed by atoms with Gasteiger partial charge in [-0.05, 0) is 30.7 Å². The topological polar surface area (TPSA) is 71.4 Å². The third kappa shape index (κ3) is 2.46. The van der Waals surface area contributed by atoms with E-state index < -0.39 is 21.2 Å². The molecule has 0 atom stereocenters. The van der Waals surface area contributed by atoms with Crippen molar-refractivity contribution in [2.75, 3.05) is 12.5 Å². The maximum Gasteiger partial charge on any atom is 0.314 e. The van der Waals surface area contributed by atoms with Gasteiger partial charge in [-0.15, -0.1) is 11.8 Å². The summed E-state index contributed by atoms with van der Waals surface area (Å²) in [5.74, 6) is -0.851. The molecule has 0 aliphatic heterocycles. The highest BCUT2D eigenvalue weighted by atomic mass is 32.2. The maximum atomic E-state index is 11.9.